The summed E-state index contributed by atoms with van der Waals surface area (Å²) in [5.74, 6) is 0. The van der Waals surface area contributed by atoms with Crippen molar-refractivity contribution >= 4 is 22.9 Å². The molecule has 5 heteroatoms. The summed E-state index contributed by atoms with van der Waals surface area (Å²) in [7, 11) is 4.13. The zero-order valence-corrected chi connectivity index (χ0v) is 14.3. The number of rotatable bonds is 7. The SMILES string of the molecule is CNC(CCN(C)Cc1csc(C)n1)c1cccc(Cl)c1. The maximum absolute atomic E-state index is 6.07. The Balaban J connectivity index is 1.87. The molecular weight excluding hydrogens is 302 g/mol. The number of halogens is 1. The van der Waals surface area contributed by atoms with Gasteiger partial charge in [0.2, 0.25) is 0 Å². The Morgan fingerprint density at radius 2 is 2.24 bits per heavy atom. The smallest absolute Gasteiger partial charge is 0.0897 e. The van der Waals surface area contributed by atoms with Crippen LogP contribution < -0.4 is 5.32 Å². The minimum Gasteiger partial charge on any atom is -0.313 e. The van der Waals surface area contributed by atoms with Crippen molar-refractivity contribution in [3.8, 4) is 0 Å². The van der Waals surface area contributed by atoms with Gasteiger partial charge >= 0.3 is 0 Å². The van der Waals surface area contributed by atoms with Gasteiger partial charge in [-0.25, -0.2) is 4.98 Å². The molecule has 1 heterocycles. The van der Waals surface area contributed by atoms with E-state index in [-0.39, 0.29) is 0 Å². The molecule has 1 atom stereocenters. The van der Waals surface area contributed by atoms with E-state index in [1.165, 1.54) is 5.56 Å². The molecule has 1 N–H and O–H groups in total. The van der Waals surface area contributed by atoms with Crippen molar-refractivity contribution < 1.29 is 0 Å². The van der Waals surface area contributed by atoms with Crippen LogP contribution in [-0.4, -0.2) is 30.5 Å². The molecule has 0 fully saturated rings. The average Bonchev–Trinajstić information content (AvgIpc) is 2.85. The summed E-state index contributed by atoms with van der Waals surface area (Å²) in [4.78, 5) is 6.82. The van der Waals surface area contributed by atoms with Gasteiger partial charge in [-0.15, -0.1) is 11.3 Å². The van der Waals surface area contributed by atoms with Gasteiger partial charge in [0.1, 0.15) is 0 Å². The maximum atomic E-state index is 6.07. The van der Waals surface area contributed by atoms with E-state index in [1.54, 1.807) is 11.3 Å². The Bertz CT molecular complexity index is 570. The topological polar surface area (TPSA) is 28.2 Å². The highest BCUT2D eigenvalue weighted by molar-refractivity contribution is 7.09. The Morgan fingerprint density at radius 1 is 1.43 bits per heavy atom. The molecule has 0 aliphatic heterocycles. The fraction of sp³-hybridized carbons (Fsp3) is 0.438. The number of benzene rings is 1. The fourth-order valence-corrected chi connectivity index (χ4v) is 3.19. The number of nitrogens with one attached hydrogen (secondary N) is 1. The molecule has 21 heavy (non-hydrogen) atoms. The Labute approximate surface area is 136 Å². The van der Waals surface area contributed by atoms with E-state index < -0.39 is 0 Å². The van der Waals surface area contributed by atoms with Crippen LogP contribution in [0.3, 0.4) is 0 Å². The van der Waals surface area contributed by atoms with Crippen LogP contribution in [0.2, 0.25) is 5.02 Å². The van der Waals surface area contributed by atoms with Gasteiger partial charge in [-0.05, 0) is 45.1 Å². The summed E-state index contributed by atoms with van der Waals surface area (Å²) in [5.41, 5.74) is 2.40. The highest BCUT2D eigenvalue weighted by atomic mass is 35.5. The molecule has 2 aromatic rings. The first-order chi connectivity index (χ1) is 10.1. The first kappa shape index (κ1) is 16.4. The van der Waals surface area contributed by atoms with Crippen LogP contribution in [0.5, 0.6) is 0 Å². The second-order valence-electron chi connectivity index (χ2n) is 5.28. The van der Waals surface area contributed by atoms with Gasteiger partial charge in [-0.3, -0.25) is 0 Å². The van der Waals surface area contributed by atoms with Crippen molar-refractivity contribution in [2.75, 3.05) is 20.6 Å². The minimum absolute atomic E-state index is 0.323. The van der Waals surface area contributed by atoms with E-state index in [0.29, 0.717) is 6.04 Å². The zero-order chi connectivity index (χ0) is 15.2. The van der Waals surface area contributed by atoms with Crippen molar-refractivity contribution in [1.82, 2.24) is 15.2 Å². The molecule has 0 saturated carbocycles. The first-order valence-corrected chi connectivity index (χ1v) is 8.36. The highest BCUT2D eigenvalue weighted by Gasteiger charge is 2.11. The molecule has 0 radical (unpaired) electrons. The van der Waals surface area contributed by atoms with Gasteiger partial charge in [-0.1, -0.05) is 23.7 Å². The summed E-state index contributed by atoms with van der Waals surface area (Å²) in [6.45, 7) is 3.95. The number of hydrogen-bond donors (Lipinski definition) is 1. The Morgan fingerprint density at radius 3 is 2.86 bits per heavy atom. The van der Waals surface area contributed by atoms with Gasteiger partial charge in [0, 0.05) is 29.5 Å². The van der Waals surface area contributed by atoms with Crippen LogP contribution >= 0.6 is 22.9 Å². The van der Waals surface area contributed by atoms with Crippen LogP contribution in [0.1, 0.15) is 28.7 Å². The van der Waals surface area contributed by atoms with E-state index in [9.17, 15) is 0 Å². The molecule has 0 spiro atoms. The standard InChI is InChI=1S/C16H22ClN3S/c1-12-19-15(11-21-12)10-20(3)8-7-16(18-2)13-5-4-6-14(17)9-13/h4-6,9,11,16,18H,7-8,10H2,1-3H3. The average molecular weight is 324 g/mol. The number of thiazole rings is 1. The van der Waals surface area contributed by atoms with E-state index >= 15 is 0 Å². The number of aryl methyl sites for hydroxylation is 1. The molecular formula is C16H22ClN3S. The van der Waals surface area contributed by atoms with E-state index in [1.807, 2.05) is 32.2 Å². The molecule has 0 bridgehead atoms. The van der Waals surface area contributed by atoms with Crippen molar-refractivity contribution in [3.63, 3.8) is 0 Å². The molecule has 0 saturated heterocycles. The second kappa shape index (κ2) is 7.90. The Hall–Kier alpha value is -0.940. The predicted octanol–water partition coefficient (Wildman–Crippen LogP) is 3.89. The van der Waals surface area contributed by atoms with Crippen LogP contribution in [0.15, 0.2) is 29.6 Å². The molecule has 0 amide bonds. The monoisotopic (exact) mass is 323 g/mol. The third kappa shape index (κ3) is 5.08. The van der Waals surface area contributed by atoms with Crippen LogP contribution in [0, 0.1) is 6.92 Å². The summed E-state index contributed by atoms with van der Waals surface area (Å²) in [6.07, 6.45) is 1.04. The fourth-order valence-electron chi connectivity index (χ4n) is 2.39. The van der Waals surface area contributed by atoms with Gasteiger partial charge < -0.3 is 10.2 Å². The molecule has 2 rings (SSSR count). The Kier molecular flexibility index (Phi) is 6.18. The third-order valence-corrected chi connectivity index (χ3v) is 4.55. The third-order valence-electron chi connectivity index (χ3n) is 3.50. The van der Waals surface area contributed by atoms with Crippen LogP contribution in [0.4, 0.5) is 0 Å². The van der Waals surface area contributed by atoms with E-state index in [2.05, 4.69) is 33.7 Å². The van der Waals surface area contributed by atoms with Gasteiger partial charge in [0.25, 0.3) is 0 Å². The normalized spacial score (nSPS) is 12.8. The van der Waals surface area contributed by atoms with Gasteiger partial charge in [-0.2, -0.15) is 0 Å². The lowest BCUT2D eigenvalue weighted by molar-refractivity contribution is 0.301. The second-order valence-corrected chi connectivity index (χ2v) is 6.78. The molecule has 3 nitrogen and oxygen atoms in total. The van der Waals surface area contributed by atoms with Crippen molar-refractivity contribution in [2.24, 2.45) is 0 Å². The molecule has 0 aliphatic rings. The molecule has 114 valence electrons. The van der Waals surface area contributed by atoms with Gasteiger partial charge in [0.15, 0.2) is 0 Å². The van der Waals surface area contributed by atoms with Crippen molar-refractivity contribution in [2.45, 2.75) is 25.9 Å². The summed E-state index contributed by atoms with van der Waals surface area (Å²) in [5, 5.41) is 7.43. The van der Waals surface area contributed by atoms with Crippen molar-refractivity contribution in [3.05, 3.63) is 50.9 Å². The first-order valence-electron chi connectivity index (χ1n) is 7.10. The number of nitrogens with zero attached hydrogens (tertiary/aromatic N) is 2. The molecule has 0 aliphatic carbocycles. The molecule has 1 unspecified atom stereocenters. The summed E-state index contributed by atoms with van der Waals surface area (Å²) in [6, 6.07) is 8.39. The summed E-state index contributed by atoms with van der Waals surface area (Å²) >= 11 is 7.78. The van der Waals surface area contributed by atoms with Gasteiger partial charge in [0.05, 0.1) is 10.7 Å². The lowest BCUT2D eigenvalue weighted by atomic mass is 10.0. The molecule has 1 aromatic heterocycles. The van der Waals surface area contributed by atoms with Crippen LogP contribution in [-0.2, 0) is 6.54 Å². The molecule has 1 aromatic carbocycles. The lowest BCUT2D eigenvalue weighted by Gasteiger charge is -2.21. The lowest BCUT2D eigenvalue weighted by Crippen LogP contribution is -2.25. The predicted molar refractivity (Wildman–Crippen MR) is 91.1 cm³/mol. The largest absolute Gasteiger partial charge is 0.313 e. The van der Waals surface area contributed by atoms with E-state index in [4.69, 9.17) is 11.6 Å². The van der Waals surface area contributed by atoms with Crippen LogP contribution in [0.25, 0.3) is 0 Å². The number of aromatic nitrogens is 1. The zero-order valence-electron chi connectivity index (χ0n) is 12.8. The quantitative estimate of drug-likeness (QED) is 0.838. The van der Waals surface area contributed by atoms with Crippen molar-refractivity contribution in [1.29, 1.82) is 0 Å². The summed E-state index contributed by atoms with van der Waals surface area (Å²) < 4.78 is 0. The van der Waals surface area contributed by atoms with E-state index in [0.717, 1.165) is 35.2 Å². The minimum atomic E-state index is 0.323. The highest BCUT2D eigenvalue weighted by Crippen LogP contribution is 2.20. The maximum Gasteiger partial charge on any atom is 0.0897 e. The number of hydrogen-bond acceptors (Lipinski definition) is 4.